The second kappa shape index (κ2) is 5.80. The first kappa shape index (κ1) is 12.8. The Morgan fingerprint density at radius 1 is 1.50 bits per heavy atom. The number of H-pyrrole nitrogens is 1. The Hall–Kier alpha value is -1.64. The number of anilines is 1. The van der Waals surface area contributed by atoms with Crippen molar-refractivity contribution >= 4 is 5.82 Å². The van der Waals surface area contributed by atoms with Crippen LogP contribution in [-0.2, 0) is 16.1 Å². The van der Waals surface area contributed by atoms with Crippen LogP contribution in [-0.4, -0.2) is 33.4 Å². The number of hydrogen-bond acceptors (Lipinski definition) is 4. The molecule has 1 aromatic rings. The van der Waals surface area contributed by atoms with Gasteiger partial charge in [0.2, 0.25) is 0 Å². The zero-order chi connectivity index (χ0) is 13.0. The lowest BCUT2D eigenvalue weighted by molar-refractivity contribution is -0.374. The number of aryl methyl sites for hydroxylation is 1. The molecule has 0 atom stereocenters. The number of rotatable bonds is 3. The summed E-state index contributed by atoms with van der Waals surface area (Å²) >= 11 is 0. The maximum absolute atomic E-state index is 9.36. The van der Waals surface area contributed by atoms with Gasteiger partial charge in [0.25, 0.3) is 5.82 Å². The Morgan fingerprint density at radius 3 is 2.83 bits per heavy atom. The highest BCUT2D eigenvalue weighted by Crippen LogP contribution is 2.20. The lowest BCUT2D eigenvalue weighted by Gasteiger charge is -2.22. The van der Waals surface area contributed by atoms with E-state index in [2.05, 4.69) is 16.0 Å². The predicted molar refractivity (Wildman–Crippen MR) is 66.2 cm³/mol. The topological polar surface area (TPSA) is 59.6 Å². The van der Waals surface area contributed by atoms with Crippen molar-refractivity contribution in [3.8, 4) is 6.07 Å². The molecule has 0 bridgehead atoms. The Kier molecular flexibility index (Phi) is 4.13. The number of nitrogens with one attached hydrogen (secondary N) is 1. The molecule has 0 saturated carbocycles. The molecule has 0 amide bonds. The lowest BCUT2D eigenvalue weighted by atomic mass is 10.1. The Bertz CT molecular complexity index is 462. The van der Waals surface area contributed by atoms with Crippen LogP contribution < -0.4 is 9.88 Å². The number of pyridine rings is 1. The fourth-order valence-electron chi connectivity index (χ4n) is 2.19. The van der Waals surface area contributed by atoms with Gasteiger partial charge in [-0.1, -0.05) is 0 Å². The van der Waals surface area contributed by atoms with Gasteiger partial charge in [-0.05, 0) is 13.0 Å². The summed E-state index contributed by atoms with van der Waals surface area (Å²) in [5.41, 5.74) is 2.63. The summed E-state index contributed by atoms with van der Waals surface area (Å²) in [5.74, 6) is 0.882. The van der Waals surface area contributed by atoms with E-state index < -0.39 is 0 Å². The summed E-state index contributed by atoms with van der Waals surface area (Å²) in [6, 6.07) is 4.24. The fourth-order valence-corrected chi connectivity index (χ4v) is 2.19. The van der Waals surface area contributed by atoms with E-state index in [-0.39, 0.29) is 0 Å². The number of nitrogens with zero attached hydrogens (tertiary/aromatic N) is 2. The zero-order valence-corrected chi connectivity index (χ0v) is 10.8. The van der Waals surface area contributed by atoms with E-state index in [1.807, 2.05) is 13.0 Å². The van der Waals surface area contributed by atoms with Crippen molar-refractivity contribution in [3.63, 3.8) is 0 Å². The van der Waals surface area contributed by atoms with E-state index >= 15 is 0 Å². The summed E-state index contributed by atoms with van der Waals surface area (Å²) < 4.78 is 10.5. The van der Waals surface area contributed by atoms with Crippen LogP contribution in [0.15, 0.2) is 6.07 Å². The van der Waals surface area contributed by atoms with Gasteiger partial charge in [0.05, 0.1) is 25.5 Å². The van der Waals surface area contributed by atoms with Crippen LogP contribution in [0.2, 0.25) is 0 Å². The SMILES string of the molecule is COCc1cc(C)[nH+]c(N2CCOCC2)c1C#N. The van der Waals surface area contributed by atoms with Crippen LogP contribution in [0.25, 0.3) is 0 Å². The average molecular weight is 248 g/mol. The lowest BCUT2D eigenvalue weighted by Crippen LogP contribution is -2.40. The van der Waals surface area contributed by atoms with Gasteiger partial charge in [-0.3, -0.25) is 4.90 Å². The molecule has 1 N–H and O–H groups in total. The summed E-state index contributed by atoms with van der Waals surface area (Å²) in [4.78, 5) is 5.45. The minimum Gasteiger partial charge on any atom is -0.380 e. The molecular formula is C13H18N3O2+. The van der Waals surface area contributed by atoms with Crippen molar-refractivity contribution in [3.05, 3.63) is 22.9 Å². The second-order valence-electron chi connectivity index (χ2n) is 4.35. The first-order valence-corrected chi connectivity index (χ1v) is 6.03. The van der Waals surface area contributed by atoms with E-state index in [1.54, 1.807) is 7.11 Å². The van der Waals surface area contributed by atoms with Crippen LogP contribution in [0.3, 0.4) is 0 Å². The Morgan fingerprint density at radius 2 is 2.22 bits per heavy atom. The fraction of sp³-hybridized carbons (Fsp3) is 0.538. The van der Waals surface area contributed by atoms with Gasteiger partial charge in [0.1, 0.15) is 24.7 Å². The molecule has 0 spiro atoms. The molecule has 2 rings (SSSR count). The number of hydrogen-bond donors (Lipinski definition) is 0. The van der Waals surface area contributed by atoms with Crippen molar-refractivity contribution in [2.45, 2.75) is 13.5 Å². The summed E-state index contributed by atoms with van der Waals surface area (Å²) in [6.07, 6.45) is 0. The highest BCUT2D eigenvalue weighted by atomic mass is 16.5. The first-order valence-electron chi connectivity index (χ1n) is 6.03. The summed E-state index contributed by atoms with van der Waals surface area (Å²) in [6.45, 7) is 5.46. The monoisotopic (exact) mass is 248 g/mol. The van der Waals surface area contributed by atoms with Crippen LogP contribution in [0.1, 0.15) is 16.8 Å². The van der Waals surface area contributed by atoms with E-state index in [0.717, 1.165) is 30.2 Å². The molecule has 18 heavy (non-hydrogen) atoms. The number of methoxy groups -OCH3 is 1. The molecule has 0 aromatic carbocycles. The molecule has 5 heteroatoms. The maximum atomic E-state index is 9.36. The van der Waals surface area contributed by atoms with Gasteiger partial charge in [-0.2, -0.15) is 5.26 Å². The number of ether oxygens (including phenoxy) is 2. The number of nitriles is 1. The molecular weight excluding hydrogens is 230 g/mol. The molecule has 0 aliphatic carbocycles. The third-order valence-corrected chi connectivity index (χ3v) is 3.00. The van der Waals surface area contributed by atoms with E-state index in [9.17, 15) is 5.26 Å². The van der Waals surface area contributed by atoms with Crippen LogP contribution in [0.5, 0.6) is 0 Å². The third-order valence-electron chi connectivity index (χ3n) is 3.00. The largest absolute Gasteiger partial charge is 0.380 e. The molecule has 0 radical (unpaired) electrons. The molecule has 1 aromatic heterocycles. The summed E-state index contributed by atoms with van der Waals surface area (Å²) in [7, 11) is 1.64. The van der Waals surface area contributed by atoms with E-state index in [0.29, 0.717) is 25.4 Å². The van der Waals surface area contributed by atoms with Crippen LogP contribution >= 0.6 is 0 Å². The van der Waals surface area contributed by atoms with E-state index in [1.165, 1.54) is 0 Å². The van der Waals surface area contributed by atoms with Crippen LogP contribution in [0, 0.1) is 18.3 Å². The van der Waals surface area contributed by atoms with Gasteiger partial charge in [0.15, 0.2) is 0 Å². The first-order chi connectivity index (χ1) is 8.76. The van der Waals surface area contributed by atoms with Crippen molar-refractivity contribution in [2.24, 2.45) is 0 Å². The van der Waals surface area contributed by atoms with Gasteiger partial charge in [-0.15, -0.1) is 0 Å². The number of aromatic amines is 1. The molecule has 1 aliphatic rings. The predicted octanol–water partition coefficient (Wildman–Crippen LogP) is 0.664. The van der Waals surface area contributed by atoms with Crippen molar-refractivity contribution in [2.75, 3.05) is 38.3 Å². The Labute approximate surface area is 107 Å². The molecule has 1 aliphatic heterocycles. The minimum atomic E-state index is 0.454. The number of morpholine rings is 1. The van der Waals surface area contributed by atoms with Crippen molar-refractivity contribution in [1.29, 1.82) is 5.26 Å². The van der Waals surface area contributed by atoms with E-state index in [4.69, 9.17) is 9.47 Å². The number of aromatic nitrogens is 1. The molecule has 1 saturated heterocycles. The third kappa shape index (κ3) is 2.61. The zero-order valence-electron chi connectivity index (χ0n) is 10.8. The highest BCUT2D eigenvalue weighted by Gasteiger charge is 2.25. The van der Waals surface area contributed by atoms with Crippen LogP contribution in [0.4, 0.5) is 5.82 Å². The molecule has 96 valence electrons. The second-order valence-corrected chi connectivity index (χ2v) is 4.35. The standard InChI is InChI=1S/C13H17N3O2/c1-10-7-11(9-17-2)12(8-14)13(15-10)16-3-5-18-6-4-16/h7H,3-6,9H2,1-2H3/p+1. The summed E-state index contributed by atoms with van der Waals surface area (Å²) in [5, 5.41) is 9.36. The minimum absolute atomic E-state index is 0.454. The van der Waals surface area contributed by atoms with Gasteiger partial charge in [0, 0.05) is 12.7 Å². The average Bonchev–Trinajstić information content (AvgIpc) is 2.39. The van der Waals surface area contributed by atoms with Gasteiger partial charge >= 0.3 is 0 Å². The molecule has 1 fully saturated rings. The molecule has 2 heterocycles. The Balaban J connectivity index is 2.41. The van der Waals surface area contributed by atoms with Crippen molar-refractivity contribution < 1.29 is 14.5 Å². The van der Waals surface area contributed by atoms with Gasteiger partial charge in [-0.25, -0.2) is 4.98 Å². The smallest absolute Gasteiger partial charge is 0.293 e. The normalized spacial score (nSPS) is 15.5. The molecule has 0 unspecified atom stereocenters. The maximum Gasteiger partial charge on any atom is 0.293 e. The van der Waals surface area contributed by atoms with Crippen molar-refractivity contribution in [1.82, 2.24) is 0 Å². The van der Waals surface area contributed by atoms with Gasteiger partial charge < -0.3 is 9.47 Å². The molecule has 5 nitrogen and oxygen atoms in total. The quantitative estimate of drug-likeness (QED) is 0.788. The highest BCUT2D eigenvalue weighted by molar-refractivity contribution is 5.54.